The zero-order valence-electron chi connectivity index (χ0n) is 17.6. The highest BCUT2D eigenvalue weighted by molar-refractivity contribution is 5.81. The average molecular weight is 417 g/mol. The topological polar surface area (TPSA) is 105 Å². The van der Waals surface area contributed by atoms with Crippen LogP contribution in [0.4, 0.5) is 10.2 Å². The largest absolute Gasteiger partial charge is 0.461 e. The number of carbonyl (C=O) groups excluding carboxylic acids is 1. The van der Waals surface area contributed by atoms with Gasteiger partial charge in [-0.2, -0.15) is 14.4 Å². The first-order chi connectivity index (χ1) is 14.3. The Kier molecular flexibility index (Phi) is 6.56. The fourth-order valence-electron chi connectivity index (χ4n) is 3.96. The number of hydrogen-bond donors (Lipinski definition) is 1. The molecule has 9 heteroatoms. The van der Waals surface area contributed by atoms with E-state index in [1.165, 1.54) is 6.33 Å². The number of rotatable bonds is 8. The molecule has 3 heterocycles. The Hall–Kier alpha value is -2.73. The second-order valence-electron chi connectivity index (χ2n) is 7.83. The van der Waals surface area contributed by atoms with Gasteiger partial charge in [0.05, 0.1) is 12.2 Å². The van der Waals surface area contributed by atoms with Crippen LogP contribution in [0.15, 0.2) is 6.33 Å². The van der Waals surface area contributed by atoms with Gasteiger partial charge in [0.15, 0.2) is 22.6 Å². The third-order valence-corrected chi connectivity index (χ3v) is 5.71. The first-order valence-electron chi connectivity index (χ1n) is 10.3. The van der Waals surface area contributed by atoms with Crippen molar-refractivity contribution in [3.8, 4) is 12.3 Å². The number of imidazole rings is 1. The predicted molar refractivity (Wildman–Crippen MR) is 109 cm³/mol. The lowest BCUT2D eigenvalue weighted by molar-refractivity contribution is -0.159. The molecule has 1 aliphatic heterocycles. The third-order valence-electron chi connectivity index (χ3n) is 5.71. The van der Waals surface area contributed by atoms with E-state index in [9.17, 15) is 9.18 Å². The molecule has 3 rings (SSSR count). The number of esters is 1. The molecule has 2 aromatic rings. The predicted octanol–water partition coefficient (Wildman–Crippen LogP) is 3.23. The summed E-state index contributed by atoms with van der Waals surface area (Å²) in [6.45, 7) is 5.98. The van der Waals surface area contributed by atoms with Gasteiger partial charge in [0.25, 0.3) is 0 Å². The average Bonchev–Trinajstić information content (AvgIpc) is 3.27. The molecule has 0 aromatic carbocycles. The molecule has 0 saturated carbocycles. The van der Waals surface area contributed by atoms with E-state index in [-0.39, 0.29) is 35.9 Å². The highest BCUT2D eigenvalue weighted by atomic mass is 19.1. The van der Waals surface area contributed by atoms with Crippen molar-refractivity contribution >= 4 is 23.0 Å². The molecule has 1 aliphatic rings. The van der Waals surface area contributed by atoms with Gasteiger partial charge >= 0.3 is 12.0 Å². The van der Waals surface area contributed by atoms with Crippen LogP contribution in [0.5, 0.6) is 0 Å². The summed E-state index contributed by atoms with van der Waals surface area (Å²) in [5.74, 6) is 2.14. The number of nitrogens with two attached hydrogens (primary N) is 1. The van der Waals surface area contributed by atoms with Gasteiger partial charge in [0.2, 0.25) is 0 Å². The lowest BCUT2D eigenvalue weighted by Gasteiger charge is -2.28. The van der Waals surface area contributed by atoms with E-state index in [2.05, 4.69) is 20.9 Å². The zero-order chi connectivity index (χ0) is 21.9. The fourth-order valence-corrected chi connectivity index (χ4v) is 3.96. The fraction of sp³-hybridized carbons (Fsp3) is 0.619. The van der Waals surface area contributed by atoms with Crippen molar-refractivity contribution in [3.05, 3.63) is 12.4 Å². The van der Waals surface area contributed by atoms with Crippen LogP contribution < -0.4 is 5.73 Å². The van der Waals surface area contributed by atoms with Crippen LogP contribution in [-0.2, 0) is 14.3 Å². The molecule has 0 aliphatic carbocycles. The van der Waals surface area contributed by atoms with E-state index in [1.807, 2.05) is 20.8 Å². The first-order valence-corrected chi connectivity index (χ1v) is 10.3. The molecule has 2 N–H and O–H groups in total. The van der Waals surface area contributed by atoms with E-state index < -0.39 is 17.9 Å². The number of aromatic nitrogens is 4. The molecule has 1 fully saturated rings. The molecule has 30 heavy (non-hydrogen) atoms. The number of anilines is 1. The molecule has 162 valence electrons. The third kappa shape index (κ3) is 4.10. The van der Waals surface area contributed by atoms with E-state index in [1.54, 1.807) is 4.57 Å². The molecule has 0 amide bonds. The molecule has 8 nitrogen and oxygen atoms in total. The van der Waals surface area contributed by atoms with Crippen LogP contribution in [0.1, 0.15) is 59.1 Å². The van der Waals surface area contributed by atoms with Crippen molar-refractivity contribution in [3.63, 3.8) is 0 Å². The Morgan fingerprint density at radius 2 is 2.17 bits per heavy atom. The lowest BCUT2D eigenvalue weighted by atomic mass is 9.90. The number of nitrogen functional groups attached to an aromatic ring is 1. The number of hydrogen-bond acceptors (Lipinski definition) is 7. The van der Waals surface area contributed by atoms with Gasteiger partial charge in [0, 0.05) is 5.92 Å². The number of fused-ring (bicyclic) bond motifs is 1. The van der Waals surface area contributed by atoms with Gasteiger partial charge in [-0.15, -0.1) is 6.42 Å². The van der Waals surface area contributed by atoms with E-state index >= 15 is 0 Å². The van der Waals surface area contributed by atoms with Gasteiger partial charge in [-0.25, -0.2) is 4.98 Å². The Labute approximate surface area is 175 Å². The number of carbonyl (C=O) groups is 1. The Morgan fingerprint density at radius 1 is 1.47 bits per heavy atom. The summed E-state index contributed by atoms with van der Waals surface area (Å²) in [7, 11) is 0. The molecule has 0 radical (unpaired) electrons. The van der Waals surface area contributed by atoms with Crippen LogP contribution in [0.3, 0.4) is 0 Å². The molecular formula is C21H28FN5O3. The summed E-state index contributed by atoms with van der Waals surface area (Å²) in [5.41, 5.74) is 5.17. The van der Waals surface area contributed by atoms with Crippen molar-refractivity contribution in [1.82, 2.24) is 19.5 Å². The molecular weight excluding hydrogens is 389 g/mol. The van der Waals surface area contributed by atoms with Crippen molar-refractivity contribution < 1.29 is 18.7 Å². The van der Waals surface area contributed by atoms with Gasteiger partial charge < -0.3 is 15.2 Å². The van der Waals surface area contributed by atoms with Crippen LogP contribution >= 0.6 is 0 Å². The van der Waals surface area contributed by atoms with Crippen LogP contribution in [0.2, 0.25) is 0 Å². The van der Waals surface area contributed by atoms with Crippen LogP contribution in [0, 0.1) is 30.3 Å². The molecule has 1 saturated heterocycles. The van der Waals surface area contributed by atoms with E-state index in [0.29, 0.717) is 11.9 Å². The smallest absolute Gasteiger partial charge is 0.312 e. The van der Waals surface area contributed by atoms with Gasteiger partial charge in [0.1, 0.15) is 12.8 Å². The zero-order valence-corrected chi connectivity index (χ0v) is 17.6. The van der Waals surface area contributed by atoms with E-state index in [0.717, 1.165) is 25.7 Å². The minimum atomic E-state index is -1.09. The monoisotopic (exact) mass is 417 g/mol. The van der Waals surface area contributed by atoms with Crippen LogP contribution in [0.25, 0.3) is 11.2 Å². The Balaban J connectivity index is 1.78. The molecule has 0 bridgehead atoms. The lowest BCUT2D eigenvalue weighted by Crippen LogP contribution is -2.39. The summed E-state index contributed by atoms with van der Waals surface area (Å²) >= 11 is 0. The second-order valence-corrected chi connectivity index (χ2v) is 7.83. The normalized spacial score (nSPS) is 23.7. The quantitative estimate of drug-likeness (QED) is 0.399. The SMILES string of the molecule is C#C[C@]1(COC(=O)C(CCC)CCC)O[C@@H](n2cnc3c(N)nc(F)nc32)C[C@@H]1C. The van der Waals surface area contributed by atoms with Gasteiger partial charge in [-0.1, -0.05) is 39.5 Å². The molecule has 2 aromatic heterocycles. The summed E-state index contributed by atoms with van der Waals surface area (Å²) in [5, 5.41) is 0. The summed E-state index contributed by atoms with van der Waals surface area (Å²) in [6.07, 6.45) is 9.70. The standard InChI is InChI=1S/C21H28FN5O3/c1-5-8-14(9-6-2)19(28)29-11-21(7-3)13(4)10-15(30-21)27-12-24-16-17(23)25-20(22)26-18(16)27/h3,12-15H,5-6,8-11H2,1-2,4H3,(H2,23,25,26)/t13-,15+,21+/m0/s1. The van der Waals surface area contributed by atoms with Crippen molar-refractivity contribution in [2.75, 3.05) is 12.3 Å². The molecule has 0 unspecified atom stereocenters. The Bertz CT molecular complexity index is 950. The maximum absolute atomic E-state index is 13.7. The second kappa shape index (κ2) is 8.96. The first kappa shape index (κ1) is 22.0. The number of nitrogens with zero attached hydrogens (tertiary/aromatic N) is 4. The maximum atomic E-state index is 13.7. The Morgan fingerprint density at radius 3 is 2.80 bits per heavy atom. The summed E-state index contributed by atoms with van der Waals surface area (Å²) in [6, 6.07) is 0. The molecule has 3 atom stereocenters. The van der Waals surface area contributed by atoms with Gasteiger partial charge in [-0.3, -0.25) is 9.36 Å². The van der Waals surface area contributed by atoms with E-state index in [4.69, 9.17) is 21.6 Å². The summed E-state index contributed by atoms with van der Waals surface area (Å²) in [4.78, 5) is 24.0. The minimum absolute atomic E-state index is 0.0396. The number of terminal acetylenes is 1. The van der Waals surface area contributed by atoms with Gasteiger partial charge in [-0.05, 0) is 19.3 Å². The molecule has 0 spiro atoms. The highest BCUT2D eigenvalue weighted by Gasteiger charge is 2.47. The maximum Gasteiger partial charge on any atom is 0.312 e. The number of ether oxygens (including phenoxy) is 2. The van der Waals surface area contributed by atoms with Crippen molar-refractivity contribution in [2.45, 2.75) is 64.7 Å². The highest BCUT2D eigenvalue weighted by Crippen LogP contribution is 2.42. The van der Waals surface area contributed by atoms with Crippen LogP contribution in [-0.4, -0.2) is 37.7 Å². The van der Waals surface area contributed by atoms with Crippen molar-refractivity contribution in [2.24, 2.45) is 11.8 Å². The minimum Gasteiger partial charge on any atom is -0.461 e. The summed E-state index contributed by atoms with van der Waals surface area (Å²) < 4.78 is 27.1. The number of halogens is 1. The van der Waals surface area contributed by atoms with Crippen molar-refractivity contribution in [1.29, 1.82) is 0 Å².